The van der Waals surface area contributed by atoms with Crippen molar-refractivity contribution in [2.75, 3.05) is 23.3 Å². The van der Waals surface area contributed by atoms with Crippen LogP contribution < -0.4 is 15.8 Å². The molecule has 0 bridgehead atoms. The van der Waals surface area contributed by atoms with Crippen molar-refractivity contribution in [3.8, 4) is 0 Å². The second-order valence-corrected chi connectivity index (χ2v) is 5.75. The molecule has 120 valence electrons. The number of aromatic nitrogens is 3. The van der Waals surface area contributed by atoms with E-state index in [1.54, 1.807) is 36.8 Å². The van der Waals surface area contributed by atoms with Gasteiger partial charge in [-0.3, -0.25) is 14.6 Å². The summed E-state index contributed by atoms with van der Waals surface area (Å²) in [6.07, 6.45) is 7.43. The molecule has 2 N–H and O–H groups in total. The molecule has 0 aromatic carbocycles. The van der Waals surface area contributed by atoms with Crippen LogP contribution in [0.15, 0.2) is 41.6 Å². The maximum absolute atomic E-state index is 12.2. The van der Waals surface area contributed by atoms with E-state index in [2.05, 4.69) is 25.4 Å². The highest BCUT2D eigenvalue weighted by Crippen LogP contribution is 2.24. The summed E-state index contributed by atoms with van der Waals surface area (Å²) in [7, 11) is 0. The number of hydrogen-bond donors (Lipinski definition) is 2. The standard InChI is InChI=1S/C16H19N5O2/c22-15(19-13-3-5-17-6-4-13)8-12-2-1-7-21(11-12)14-9-16(23)20-18-10-14/h3-6,9-10,12H,1-2,7-8,11H2,(H,20,23)(H,17,19,22). The molecule has 0 spiro atoms. The van der Waals surface area contributed by atoms with Crippen LogP contribution in [0.4, 0.5) is 11.4 Å². The fraction of sp³-hybridized carbons (Fsp3) is 0.375. The van der Waals surface area contributed by atoms with Crippen molar-refractivity contribution in [1.82, 2.24) is 15.2 Å². The minimum Gasteiger partial charge on any atom is -0.370 e. The van der Waals surface area contributed by atoms with E-state index < -0.39 is 0 Å². The number of H-pyrrole nitrogens is 1. The van der Waals surface area contributed by atoms with E-state index in [0.29, 0.717) is 6.42 Å². The molecule has 1 fully saturated rings. The molecular formula is C16H19N5O2. The predicted octanol–water partition coefficient (Wildman–Crippen LogP) is 1.41. The molecule has 3 heterocycles. The Kier molecular flexibility index (Phi) is 4.65. The molecular weight excluding hydrogens is 294 g/mol. The van der Waals surface area contributed by atoms with Gasteiger partial charge < -0.3 is 10.2 Å². The van der Waals surface area contributed by atoms with Gasteiger partial charge >= 0.3 is 0 Å². The Morgan fingerprint density at radius 3 is 3.00 bits per heavy atom. The number of rotatable bonds is 4. The van der Waals surface area contributed by atoms with E-state index in [0.717, 1.165) is 37.3 Å². The number of piperidine rings is 1. The fourth-order valence-electron chi connectivity index (χ4n) is 2.91. The first-order valence-corrected chi connectivity index (χ1v) is 7.70. The number of aromatic amines is 1. The topological polar surface area (TPSA) is 91.0 Å². The van der Waals surface area contributed by atoms with Gasteiger partial charge in [0, 0.05) is 43.7 Å². The van der Waals surface area contributed by atoms with E-state index in [-0.39, 0.29) is 17.4 Å². The van der Waals surface area contributed by atoms with Gasteiger partial charge in [-0.2, -0.15) is 5.10 Å². The monoisotopic (exact) mass is 313 g/mol. The Bertz CT molecular complexity index is 716. The van der Waals surface area contributed by atoms with Crippen LogP contribution in [0, 0.1) is 5.92 Å². The van der Waals surface area contributed by atoms with Gasteiger partial charge in [-0.15, -0.1) is 0 Å². The molecule has 7 nitrogen and oxygen atoms in total. The quantitative estimate of drug-likeness (QED) is 0.890. The number of carbonyl (C=O) groups is 1. The molecule has 1 saturated heterocycles. The molecule has 0 aliphatic carbocycles. The molecule has 3 rings (SSSR count). The minimum atomic E-state index is -0.208. The summed E-state index contributed by atoms with van der Waals surface area (Å²) >= 11 is 0. The summed E-state index contributed by atoms with van der Waals surface area (Å²) in [6.45, 7) is 1.64. The zero-order valence-electron chi connectivity index (χ0n) is 12.7. The van der Waals surface area contributed by atoms with Crippen LogP contribution in [0.5, 0.6) is 0 Å². The van der Waals surface area contributed by atoms with Crippen LogP contribution in [0.25, 0.3) is 0 Å². The lowest BCUT2D eigenvalue weighted by molar-refractivity contribution is -0.117. The fourth-order valence-corrected chi connectivity index (χ4v) is 2.91. The summed E-state index contributed by atoms with van der Waals surface area (Å²) in [5.74, 6) is 0.275. The van der Waals surface area contributed by atoms with Crippen LogP contribution in [0.2, 0.25) is 0 Å². The maximum Gasteiger partial charge on any atom is 0.266 e. The van der Waals surface area contributed by atoms with Gasteiger partial charge in [0.05, 0.1) is 11.9 Å². The van der Waals surface area contributed by atoms with E-state index in [9.17, 15) is 9.59 Å². The number of anilines is 2. The van der Waals surface area contributed by atoms with Gasteiger partial charge in [0.1, 0.15) is 0 Å². The summed E-state index contributed by atoms with van der Waals surface area (Å²) in [5.41, 5.74) is 1.37. The third-order valence-corrected chi connectivity index (χ3v) is 3.97. The Balaban J connectivity index is 1.58. The molecule has 7 heteroatoms. The second kappa shape index (κ2) is 7.04. The van der Waals surface area contributed by atoms with Crippen molar-refractivity contribution in [2.45, 2.75) is 19.3 Å². The van der Waals surface area contributed by atoms with Gasteiger partial charge in [-0.1, -0.05) is 0 Å². The number of carbonyl (C=O) groups excluding carboxylic acids is 1. The summed E-state index contributed by atoms with van der Waals surface area (Å²) in [6, 6.07) is 5.09. The molecule has 2 aromatic rings. The van der Waals surface area contributed by atoms with Crippen molar-refractivity contribution in [3.05, 3.63) is 47.1 Å². The smallest absolute Gasteiger partial charge is 0.266 e. The Morgan fingerprint density at radius 2 is 2.22 bits per heavy atom. The molecule has 1 atom stereocenters. The van der Waals surface area contributed by atoms with Crippen LogP contribution in [0.3, 0.4) is 0 Å². The number of hydrogen-bond acceptors (Lipinski definition) is 5. The minimum absolute atomic E-state index is 0.00656. The van der Waals surface area contributed by atoms with Crippen molar-refractivity contribution in [1.29, 1.82) is 0 Å². The zero-order chi connectivity index (χ0) is 16.1. The number of nitrogens with one attached hydrogen (secondary N) is 2. The first-order valence-electron chi connectivity index (χ1n) is 7.70. The Labute approximate surface area is 133 Å². The number of amides is 1. The average molecular weight is 313 g/mol. The van der Waals surface area contributed by atoms with E-state index in [1.807, 2.05) is 0 Å². The summed E-state index contributed by atoms with van der Waals surface area (Å²) in [4.78, 5) is 29.6. The lowest BCUT2D eigenvalue weighted by Crippen LogP contribution is -2.37. The molecule has 1 aliphatic rings. The highest BCUT2D eigenvalue weighted by molar-refractivity contribution is 5.90. The molecule has 1 aliphatic heterocycles. The number of pyridine rings is 1. The molecule has 23 heavy (non-hydrogen) atoms. The van der Waals surface area contributed by atoms with E-state index in [1.165, 1.54) is 0 Å². The molecule has 1 amide bonds. The van der Waals surface area contributed by atoms with Crippen LogP contribution in [-0.4, -0.2) is 34.2 Å². The van der Waals surface area contributed by atoms with Crippen LogP contribution in [-0.2, 0) is 4.79 Å². The van der Waals surface area contributed by atoms with Gasteiger partial charge in [-0.05, 0) is 30.9 Å². The van der Waals surface area contributed by atoms with Gasteiger partial charge in [0.2, 0.25) is 5.91 Å². The van der Waals surface area contributed by atoms with Gasteiger partial charge in [0.25, 0.3) is 5.56 Å². The predicted molar refractivity (Wildman–Crippen MR) is 87.3 cm³/mol. The molecule has 0 radical (unpaired) electrons. The van der Waals surface area contributed by atoms with Crippen molar-refractivity contribution < 1.29 is 4.79 Å². The molecule has 0 saturated carbocycles. The first-order chi connectivity index (χ1) is 11.2. The molecule has 2 aromatic heterocycles. The lowest BCUT2D eigenvalue weighted by atomic mass is 9.94. The average Bonchev–Trinajstić information content (AvgIpc) is 2.56. The second-order valence-electron chi connectivity index (χ2n) is 5.75. The summed E-state index contributed by atoms with van der Waals surface area (Å²) < 4.78 is 0. The maximum atomic E-state index is 12.2. The SMILES string of the molecule is O=C(CC1CCCN(c2cn[nH]c(=O)c2)C1)Nc1ccncc1. The third kappa shape index (κ3) is 4.15. The van der Waals surface area contributed by atoms with Crippen molar-refractivity contribution >= 4 is 17.3 Å². The highest BCUT2D eigenvalue weighted by atomic mass is 16.1. The zero-order valence-corrected chi connectivity index (χ0v) is 12.7. The normalized spacial score (nSPS) is 17.7. The van der Waals surface area contributed by atoms with E-state index >= 15 is 0 Å². The first kappa shape index (κ1) is 15.2. The van der Waals surface area contributed by atoms with Crippen molar-refractivity contribution in [3.63, 3.8) is 0 Å². The number of nitrogens with zero attached hydrogens (tertiary/aromatic N) is 3. The van der Waals surface area contributed by atoms with Gasteiger partial charge in [-0.25, -0.2) is 5.10 Å². The molecule has 1 unspecified atom stereocenters. The van der Waals surface area contributed by atoms with Crippen LogP contribution >= 0.6 is 0 Å². The largest absolute Gasteiger partial charge is 0.370 e. The third-order valence-electron chi connectivity index (χ3n) is 3.97. The highest BCUT2D eigenvalue weighted by Gasteiger charge is 2.23. The summed E-state index contributed by atoms with van der Waals surface area (Å²) in [5, 5.41) is 9.11. The van der Waals surface area contributed by atoms with Gasteiger partial charge in [0.15, 0.2) is 0 Å². The Hall–Kier alpha value is -2.70. The Morgan fingerprint density at radius 1 is 1.39 bits per heavy atom. The van der Waals surface area contributed by atoms with Crippen LogP contribution in [0.1, 0.15) is 19.3 Å². The van der Waals surface area contributed by atoms with Crippen molar-refractivity contribution in [2.24, 2.45) is 5.92 Å². The lowest BCUT2D eigenvalue weighted by Gasteiger charge is -2.33. The van der Waals surface area contributed by atoms with E-state index in [4.69, 9.17) is 0 Å².